The van der Waals surface area contributed by atoms with E-state index in [2.05, 4.69) is 27.9 Å². The van der Waals surface area contributed by atoms with Crippen molar-refractivity contribution in [1.29, 1.82) is 0 Å². The molecule has 0 N–H and O–H groups in total. The van der Waals surface area contributed by atoms with Crippen LogP contribution in [0.4, 0.5) is 5.69 Å². The molecule has 0 amide bonds. The molecule has 1 aromatic rings. The molecule has 1 heterocycles. The fourth-order valence-corrected chi connectivity index (χ4v) is 3.02. The highest BCUT2D eigenvalue weighted by Gasteiger charge is 2.17. The predicted molar refractivity (Wildman–Crippen MR) is 76.3 cm³/mol. The highest BCUT2D eigenvalue weighted by atomic mass is 79.9. The summed E-state index contributed by atoms with van der Waals surface area (Å²) >= 11 is 3.53. The minimum atomic E-state index is 0.696. The molecule has 1 aromatic carbocycles. The number of rotatable bonds is 4. The van der Waals surface area contributed by atoms with Crippen molar-refractivity contribution in [3.8, 4) is 0 Å². The lowest BCUT2D eigenvalue weighted by Gasteiger charge is -2.29. The fourth-order valence-electron chi connectivity index (χ4n) is 2.32. The summed E-state index contributed by atoms with van der Waals surface area (Å²) in [5.41, 5.74) is 1.83. The maximum Gasteiger partial charge on any atom is 0.150 e. The SMILES string of the molecule is CN(CC1CCOCC1)c1ccc(C=O)cc1Br. The average molecular weight is 312 g/mol. The van der Waals surface area contributed by atoms with Gasteiger partial charge in [-0.05, 0) is 52.9 Å². The summed E-state index contributed by atoms with van der Waals surface area (Å²) in [6, 6.07) is 5.71. The Balaban J connectivity index is 2.03. The van der Waals surface area contributed by atoms with Crippen LogP contribution in [0.2, 0.25) is 0 Å². The van der Waals surface area contributed by atoms with Crippen LogP contribution in [0.5, 0.6) is 0 Å². The van der Waals surface area contributed by atoms with Gasteiger partial charge in [0.25, 0.3) is 0 Å². The molecule has 0 unspecified atom stereocenters. The number of hydrogen-bond acceptors (Lipinski definition) is 3. The molecule has 0 aliphatic carbocycles. The first kappa shape index (κ1) is 13.6. The molecular formula is C14H18BrNO2. The van der Waals surface area contributed by atoms with Gasteiger partial charge in [-0.2, -0.15) is 0 Å². The molecule has 98 valence electrons. The molecule has 0 radical (unpaired) electrons. The molecule has 1 aliphatic rings. The van der Waals surface area contributed by atoms with Crippen LogP contribution in [-0.2, 0) is 4.74 Å². The number of nitrogens with zero attached hydrogens (tertiary/aromatic N) is 1. The Morgan fingerprint density at radius 1 is 1.44 bits per heavy atom. The number of anilines is 1. The van der Waals surface area contributed by atoms with Gasteiger partial charge in [-0.15, -0.1) is 0 Å². The third-order valence-electron chi connectivity index (χ3n) is 3.39. The Morgan fingerprint density at radius 3 is 2.78 bits per heavy atom. The van der Waals surface area contributed by atoms with Crippen LogP contribution in [0.15, 0.2) is 22.7 Å². The number of carbonyl (C=O) groups is 1. The number of hydrogen-bond donors (Lipinski definition) is 0. The third kappa shape index (κ3) is 3.33. The maximum atomic E-state index is 10.7. The highest BCUT2D eigenvalue weighted by molar-refractivity contribution is 9.10. The largest absolute Gasteiger partial charge is 0.381 e. The number of benzene rings is 1. The molecule has 4 heteroatoms. The summed E-state index contributed by atoms with van der Waals surface area (Å²) < 4.78 is 6.35. The van der Waals surface area contributed by atoms with E-state index in [4.69, 9.17) is 4.74 Å². The molecule has 1 saturated heterocycles. The summed E-state index contributed by atoms with van der Waals surface area (Å²) in [6.07, 6.45) is 3.13. The van der Waals surface area contributed by atoms with E-state index in [1.165, 1.54) is 0 Å². The monoisotopic (exact) mass is 311 g/mol. The zero-order valence-corrected chi connectivity index (χ0v) is 12.1. The molecular weight excluding hydrogens is 294 g/mol. The lowest BCUT2D eigenvalue weighted by Crippen LogP contribution is -2.29. The highest BCUT2D eigenvalue weighted by Crippen LogP contribution is 2.28. The molecule has 3 nitrogen and oxygen atoms in total. The zero-order chi connectivity index (χ0) is 13.0. The van der Waals surface area contributed by atoms with Gasteiger partial charge in [0.2, 0.25) is 0 Å². The summed E-state index contributed by atoms with van der Waals surface area (Å²) in [4.78, 5) is 13.0. The second-order valence-corrected chi connectivity index (χ2v) is 5.62. The van der Waals surface area contributed by atoms with E-state index in [0.717, 1.165) is 49.0 Å². The van der Waals surface area contributed by atoms with E-state index in [1.807, 2.05) is 18.2 Å². The van der Waals surface area contributed by atoms with Crippen molar-refractivity contribution in [3.05, 3.63) is 28.2 Å². The number of aldehydes is 1. The van der Waals surface area contributed by atoms with Crippen molar-refractivity contribution < 1.29 is 9.53 Å². The van der Waals surface area contributed by atoms with Crippen LogP contribution in [0.1, 0.15) is 23.2 Å². The number of ether oxygens (including phenoxy) is 1. The minimum absolute atomic E-state index is 0.696. The molecule has 0 atom stereocenters. The van der Waals surface area contributed by atoms with Gasteiger partial charge in [0.05, 0.1) is 5.69 Å². The molecule has 0 bridgehead atoms. The van der Waals surface area contributed by atoms with Crippen LogP contribution in [0.3, 0.4) is 0 Å². The summed E-state index contributed by atoms with van der Waals surface area (Å²) in [7, 11) is 2.09. The van der Waals surface area contributed by atoms with Crippen LogP contribution < -0.4 is 4.90 Å². The fraction of sp³-hybridized carbons (Fsp3) is 0.500. The van der Waals surface area contributed by atoms with Gasteiger partial charge in [-0.1, -0.05) is 0 Å². The van der Waals surface area contributed by atoms with E-state index in [0.29, 0.717) is 11.5 Å². The van der Waals surface area contributed by atoms with Crippen molar-refractivity contribution in [3.63, 3.8) is 0 Å². The van der Waals surface area contributed by atoms with Gasteiger partial charge in [-0.3, -0.25) is 4.79 Å². The van der Waals surface area contributed by atoms with E-state index >= 15 is 0 Å². The zero-order valence-electron chi connectivity index (χ0n) is 10.6. The Kier molecular flexibility index (Phi) is 4.78. The van der Waals surface area contributed by atoms with E-state index < -0.39 is 0 Å². The lowest BCUT2D eigenvalue weighted by atomic mass is 9.99. The van der Waals surface area contributed by atoms with Gasteiger partial charge in [0.1, 0.15) is 6.29 Å². The van der Waals surface area contributed by atoms with Crippen molar-refractivity contribution in [2.45, 2.75) is 12.8 Å². The molecule has 0 aromatic heterocycles. The minimum Gasteiger partial charge on any atom is -0.381 e. The molecule has 0 spiro atoms. The molecule has 2 rings (SSSR count). The topological polar surface area (TPSA) is 29.5 Å². The first-order valence-electron chi connectivity index (χ1n) is 6.24. The first-order chi connectivity index (χ1) is 8.70. The van der Waals surface area contributed by atoms with Crippen molar-refractivity contribution in [2.75, 3.05) is 31.7 Å². The van der Waals surface area contributed by atoms with Crippen LogP contribution >= 0.6 is 15.9 Å². The standard InChI is InChI=1S/C14H18BrNO2/c1-16(9-11-4-6-18-7-5-11)14-3-2-12(10-17)8-13(14)15/h2-3,8,10-11H,4-7,9H2,1H3. The van der Waals surface area contributed by atoms with Gasteiger partial charge < -0.3 is 9.64 Å². The Labute approximate surface area is 116 Å². The van der Waals surface area contributed by atoms with Crippen LogP contribution in [0, 0.1) is 5.92 Å². The summed E-state index contributed by atoms with van der Waals surface area (Å²) in [6.45, 7) is 2.79. The van der Waals surface area contributed by atoms with Crippen molar-refractivity contribution in [2.24, 2.45) is 5.92 Å². The Bertz CT molecular complexity index is 416. The maximum absolute atomic E-state index is 10.7. The first-order valence-corrected chi connectivity index (χ1v) is 7.03. The molecule has 18 heavy (non-hydrogen) atoms. The molecule has 0 saturated carbocycles. The second kappa shape index (κ2) is 6.34. The molecule has 1 fully saturated rings. The Morgan fingerprint density at radius 2 is 2.17 bits per heavy atom. The van der Waals surface area contributed by atoms with E-state index in [-0.39, 0.29) is 0 Å². The quantitative estimate of drug-likeness (QED) is 0.800. The number of carbonyl (C=O) groups excluding carboxylic acids is 1. The van der Waals surface area contributed by atoms with Crippen molar-refractivity contribution >= 4 is 27.9 Å². The van der Waals surface area contributed by atoms with Gasteiger partial charge in [0, 0.05) is 36.8 Å². The van der Waals surface area contributed by atoms with Gasteiger partial charge in [0.15, 0.2) is 0 Å². The molecule has 1 aliphatic heterocycles. The average Bonchev–Trinajstić information content (AvgIpc) is 2.39. The van der Waals surface area contributed by atoms with Crippen molar-refractivity contribution in [1.82, 2.24) is 0 Å². The summed E-state index contributed by atoms with van der Waals surface area (Å²) in [5.74, 6) is 0.696. The van der Waals surface area contributed by atoms with E-state index in [1.54, 1.807) is 0 Å². The summed E-state index contributed by atoms with van der Waals surface area (Å²) in [5, 5.41) is 0. The van der Waals surface area contributed by atoms with Crippen LogP contribution in [-0.4, -0.2) is 33.1 Å². The predicted octanol–water partition coefficient (Wildman–Crippen LogP) is 3.12. The third-order valence-corrected chi connectivity index (χ3v) is 4.03. The lowest BCUT2D eigenvalue weighted by molar-refractivity contribution is 0.0685. The van der Waals surface area contributed by atoms with Crippen LogP contribution in [0.25, 0.3) is 0 Å². The second-order valence-electron chi connectivity index (χ2n) is 4.76. The smallest absolute Gasteiger partial charge is 0.150 e. The van der Waals surface area contributed by atoms with Gasteiger partial charge in [-0.25, -0.2) is 0 Å². The Hall–Kier alpha value is -0.870. The van der Waals surface area contributed by atoms with E-state index in [9.17, 15) is 4.79 Å². The van der Waals surface area contributed by atoms with Gasteiger partial charge >= 0.3 is 0 Å². The normalized spacial score (nSPS) is 16.6. The number of halogens is 1.